The van der Waals surface area contributed by atoms with Crippen LogP contribution < -0.4 is 9.47 Å². The molecular formula is C14H18O5. The Kier molecular flexibility index (Phi) is 5.85. The molecule has 0 fully saturated rings. The fourth-order valence-corrected chi connectivity index (χ4v) is 1.61. The van der Waals surface area contributed by atoms with Gasteiger partial charge < -0.3 is 14.2 Å². The summed E-state index contributed by atoms with van der Waals surface area (Å²) >= 11 is 0. The van der Waals surface area contributed by atoms with Gasteiger partial charge in [0.2, 0.25) is 0 Å². The summed E-state index contributed by atoms with van der Waals surface area (Å²) in [6, 6.07) is 5.01. The number of ketones is 1. The molecule has 0 N–H and O–H groups in total. The molecule has 0 aliphatic rings. The van der Waals surface area contributed by atoms with Gasteiger partial charge >= 0.3 is 5.97 Å². The molecule has 5 heteroatoms. The first kappa shape index (κ1) is 15.0. The third-order valence-electron chi connectivity index (χ3n) is 2.69. The number of hydrogen-bond acceptors (Lipinski definition) is 5. The van der Waals surface area contributed by atoms with Crippen molar-refractivity contribution in [2.45, 2.75) is 19.3 Å². The number of rotatable bonds is 7. The highest BCUT2D eigenvalue weighted by Gasteiger charge is 2.11. The smallest absolute Gasteiger partial charge is 0.305 e. The summed E-state index contributed by atoms with van der Waals surface area (Å²) in [5.41, 5.74) is 0.515. The molecule has 0 aliphatic carbocycles. The number of ether oxygens (including phenoxy) is 3. The molecule has 0 unspecified atom stereocenters. The van der Waals surface area contributed by atoms with Gasteiger partial charge in [0, 0.05) is 24.5 Å². The molecule has 1 aromatic rings. The van der Waals surface area contributed by atoms with Crippen molar-refractivity contribution in [2.24, 2.45) is 0 Å². The lowest BCUT2D eigenvalue weighted by Crippen LogP contribution is -2.04. The second-order valence-corrected chi connectivity index (χ2v) is 3.95. The summed E-state index contributed by atoms with van der Waals surface area (Å²) < 4.78 is 14.7. The molecule has 0 aliphatic heterocycles. The average Bonchev–Trinajstić information content (AvgIpc) is 2.46. The molecule has 0 spiro atoms. The number of carbonyl (C=O) groups excluding carboxylic acids is 2. The number of esters is 1. The standard InChI is InChI=1S/C14H18O5/c1-17-11-7-10(8-12(9-11)18-2)13(15)5-4-6-14(16)19-3/h7-9H,4-6H2,1-3H3. The highest BCUT2D eigenvalue weighted by molar-refractivity contribution is 5.97. The molecule has 0 radical (unpaired) electrons. The highest BCUT2D eigenvalue weighted by Crippen LogP contribution is 2.23. The van der Waals surface area contributed by atoms with Gasteiger partial charge in [-0.3, -0.25) is 9.59 Å². The second-order valence-electron chi connectivity index (χ2n) is 3.95. The van der Waals surface area contributed by atoms with E-state index in [1.807, 2.05) is 0 Å². The van der Waals surface area contributed by atoms with Crippen molar-refractivity contribution >= 4 is 11.8 Å². The normalized spacial score (nSPS) is 9.84. The van der Waals surface area contributed by atoms with E-state index in [9.17, 15) is 9.59 Å². The van der Waals surface area contributed by atoms with Crippen LogP contribution in [0.4, 0.5) is 0 Å². The van der Waals surface area contributed by atoms with Crippen LogP contribution in [-0.4, -0.2) is 33.1 Å². The van der Waals surface area contributed by atoms with Gasteiger partial charge in [-0.2, -0.15) is 0 Å². The lowest BCUT2D eigenvalue weighted by Gasteiger charge is -2.07. The molecule has 19 heavy (non-hydrogen) atoms. The number of methoxy groups -OCH3 is 3. The van der Waals surface area contributed by atoms with E-state index in [4.69, 9.17) is 9.47 Å². The van der Waals surface area contributed by atoms with Crippen molar-refractivity contribution in [2.75, 3.05) is 21.3 Å². The molecule has 0 saturated carbocycles. The second kappa shape index (κ2) is 7.41. The van der Waals surface area contributed by atoms with Gasteiger partial charge in [-0.25, -0.2) is 0 Å². The van der Waals surface area contributed by atoms with Gasteiger partial charge in [-0.15, -0.1) is 0 Å². The summed E-state index contributed by atoms with van der Waals surface area (Å²) in [6.45, 7) is 0. The van der Waals surface area contributed by atoms with E-state index in [0.29, 0.717) is 23.5 Å². The minimum Gasteiger partial charge on any atom is -0.497 e. The van der Waals surface area contributed by atoms with Crippen molar-refractivity contribution in [1.82, 2.24) is 0 Å². The molecule has 0 aromatic heterocycles. The van der Waals surface area contributed by atoms with E-state index >= 15 is 0 Å². The summed E-state index contributed by atoms with van der Waals surface area (Å²) in [5, 5.41) is 0. The Labute approximate surface area is 112 Å². The third-order valence-corrected chi connectivity index (χ3v) is 2.69. The summed E-state index contributed by atoms with van der Waals surface area (Å²) in [4.78, 5) is 22.9. The topological polar surface area (TPSA) is 61.8 Å². The Balaban J connectivity index is 2.68. The number of benzene rings is 1. The quantitative estimate of drug-likeness (QED) is 0.559. The minimum atomic E-state index is -0.309. The lowest BCUT2D eigenvalue weighted by atomic mass is 10.0. The van der Waals surface area contributed by atoms with Gasteiger partial charge in [0.25, 0.3) is 0 Å². The van der Waals surface area contributed by atoms with E-state index in [-0.39, 0.29) is 24.6 Å². The zero-order valence-corrected chi connectivity index (χ0v) is 11.4. The maximum absolute atomic E-state index is 12.0. The van der Waals surface area contributed by atoms with Crippen LogP contribution in [0.5, 0.6) is 11.5 Å². The predicted molar refractivity (Wildman–Crippen MR) is 69.7 cm³/mol. The van der Waals surface area contributed by atoms with E-state index < -0.39 is 0 Å². The zero-order valence-electron chi connectivity index (χ0n) is 11.4. The fraction of sp³-hybridized carbons (Fsp3) is 0.429. The summed E-state index contributed by atoms with van der Waals surface area (Å²) in [6.07, 6.45) is 0.986. The Bertz CT molecular complexity index is 431. The van der Waals surface area contributed by atoms with Crippen molar-refractivity contribution < 1.29 is 23.8 Å². The fourth-order valence-electron chi connectivity index (χ4n) is 1.61. The number of carbonyl (C=O) groups is 2. The van der Waals surface area contributed by atoms with E-state index in [1.165, 1.54) is 21.3 Å². The Morgan fingerprint density at radius 3 is 2.00 bits per heavy atom. The molecular weight excluding hydrogens is 248 g/mol. The Hall–Kier alpha value is -2.04. The Morgan fingerprint density at radius 2 is 1.53 bits per heavy atom. The van der Waals surface area contributed by atoms with E-state index in [1.54, 1.807) is 18.2 Å². The Morgan fingerprint density at radius 1 is 0.947 bits per heavy atom. The molecule has 0 heterocycles. The van der Waals surface area contributed by atoms with Crippen LogP contribution in [0, 0.1) is 0 Å². The number of hydrogen-bond donors (Lipinski definition) is 0. The van der Waals surface area contributed by atoms with Crippen molar-refractivity contribution in [3.8, 4) is 11.5 Å². The predicted octanol–water partition coefficient (Wildman–Crippen LogP) is 2.23. The maximum atomic E-state index is 12.0. The third kappa shape index (κ3) is 4.62. The van der Waals surface area contributed by atoms with Crippen molar-refractivity contribution in [3.05, 3.63) is 23.8 Å². The van der Waals surface area contributed by atoms with Crippen molar-refractivity contribution in [3.63, 3.8) is 0 Å². The van der Waals surface area contributed by atoms with E-state index in [0.717, 1.165) is 0 Å². The van der Waals surface area contributed by atoms with Crippen LogP contribution in [0.25, 0.3) is 0 Å². The van der Waals surface area contributed by atoms with Crippen LogP contribution in [-0.2, 0) is 9.53 Å². The summed E-state index contributed by atoms with van der Waals surface area (Å²) in [5.74, 6) is 0.767. The first-order valence-electron chi connectivity index (χ1n) is 5.93. The van der Waals surface area contributed by atoms with Gasteiger partial charge in [0.15, 0.2) is 5.78 Å². The highest BCUT2D eigenvalue weighted by atomic mass is 16.5. The SMILES string of the molecule is COC(=O)CCCC(=O)c1cc(OC)cc(OC)c1. The van der Waals surface area contributed by atoms with Crippen LogP contribution >= 0.6 is 0 Å². The molecule has 104 valence electrons. The van der Waals surface area contributed by atoms with Gasteiger partial charge in [0.05, 0.1) is 21.3 Å². The van der Waals surface area contributed by atoms with Crippen LogP contribution in [0.15, 0.2) is 18.2 Å². The van der Waals surface area contributed by atoms with Gasteiger partial charge in [-0.1, -0.05) is 0 Å². The number of Topliss-reactive ketones (excluding diaryl/α,β-unsaturated/α-hetero) is 1. The monoisotopic (exact) mass is 266 g/mol. The summed E-state index contributed by atoms with van der Waals surface area (Å²) in [7, 11) is 4.39. The molecule has 0 bridgehead atoms. The van der Waals surface area contributed by atoms with Crippen LogP contribution in [0.1, 0.15) is 29.6 Å². The molecule has 0 saturated heterocycles. The van der Waals surface area contributed by atoms with Crippen LogP contribution in [0.3, 0.4) is 0 Å². The molecule has 0 atom stereocenters. The molecule has 1 rings (SSSR count). The largest absolute Gasteiger partial charge is 0.497 e. The minimum absolute atomic E-state index is 0.0545. The molecule has 0 amide bonds. The molecule has 5 nitrogen and oxygen atoms in total. The van der Waals surface area contributed by atoms with Gasteiger partial charge in [0.1, 0.15) is 11.5 Å². The van der Waals surface area contributed by atoms with Gasteiger partial charge in [-0.05, 0) is 18.6 Å². The maximum Gasteiger partial charge on any atom is 0.305 e. The van der Waals surface area contributed by atoms with Crippen LogP contribution in [0.2, 0.25) is 0 Å². The first-order chi connectivity index (χ1) is 9.10. The molecule has 1 aromatic carbocycles. The van der Waals surface area contributed by atoms with Crippen molar-refractivity contribution in [1.29, 1.82) is 0 Å². The first-order valence-corrected chi connectivity index (χ1v) is 5.93. The zero-order chi connectivity index (χ0) is 14.3. The van der Waals surface area contributed by atoms with E-state index in [2.05, 4.69) is 4.74 Å². The average molecular weight is 266 g/mol. The lowest BCUT2D eigenvalue weighted by molar-refractivity contribution is -0.140.